The highest BCUT2D eigenvalue weighted by molar-refractivity contribution is 6.24. The van der Waals surface area contributed by atoms with Crippen molar-refractivity contribution in [2.24, 2.45) is 0 Å². The quantitative estimate of drug-likeness (QED) is 0.484. The molecule has 2 aromatic heterocycles. The monoisotopic (exact) mass is 422 g/mol. The minimum Gasteiger partial charge on any atom is -0.346 e. The Morgan fingerprint density at radius 1 is 0.906 bits per heavy atom. The van der Waals surface area contributed by atoms with E-state index in [4.69, 9.17) is 0 Å². The number of carbonyl (C=O) groups excluding carboxylic acids is 1. The fourth-order valence-electron chi connectivity index (χ4n) is 4.26. The summed E-state index contributed by atoms with van der Waals surface area (Å²) in [6, 6.07) is 24.4. The van der Waals surface area contributed by atoms with Gasteiger partial charge in [0.25, 0.3) is 5.91 Å². The SMILES string of the molecule is O=C(C(=Cc1c[nH]c2ncccc12)c1ccccc1)N1CCN(Cc2ccccc2)CC1. The van der Waals surface area contributed by atoms with E-state index in [1.165, 1.54) is 5.56 Å². The van der Waals surface area contributed by atoms with Gasteiger partial charge in [-0.2, -0.15) is 0 Å². The van der Waals surface area contributed by atoms with Crippen LogP contribution in [0, 0.1) is 0 Å². The predicted molar refractivity (Wildman–Crippen MR) is 129 cm³/mol. The lowest BCUT2D eigenvalue weighted by Crippen LogP contribution is -2.48. The van der Waals surface area contributed by atoms with E-state index in [-0.39, 0.29) is 5.91 Å². The van der Waals surface area contributed by atoms with Gasteiger partial charge < -0.3 is 9.88 Å². The van der Waals surface area contributed by atoms with Crippen LogP contribution in [-0.4, -0.2) is 51.9 Å². The van der Waals surface area contributed by atoms with Crippen LogP contribution in [0.25, 0.3) is 22.7 Å². The standard InChI is InChI=1S/C27H26N4O/c32-27(31-16-14-30(15-17-31)20-21-8-3-1-4-9-21)25(22-10-5-2-6-11-22)18-23-19-29-26-24(23)12-7-13-28-26/h1-13,18-19H,14-17,20H2,(H,28,29). The van der Waals surface area contributed by atoms with Gasteiger partial charge in [-0.3, -0.25) is 9.69 Å². The molecule has 0 atom stereocenters. The highest BCUT2D eigenvalue weighted by Gasteiger charge is 2.24. The maximum Gasteiger partial charge on any atom is 0.254 e. The molecular formula is C27H26N4O. The van der Waals surface area contributed by atoms with Gasteiger partial charge in [0.2, 0.25) is 0 Å². The molecule has 1 fully saturated rings. The highest BCUT2D eigenvalue weighted by Crippen LogP contribution is 2.25. The van der Waals surface area contributed by atoms with Gasteiger partial charge in [-0.05, 0) is 29.3 Å². The number of pyridine rings is 1. The first kappa shape index (κ1) is 20.2. The molecule has 0 spiro atoms. The Balaban J connectivity index is 1.37. The average Bonchev–Trinajstić information content (AvgIpc) is 3.27. The number of hydrogen-bond donors (Lipinski definition) is 1. The van der Waals surface area contributed by atoms with Crippen molar-refractivity contribution in [3.8, 4) is 0 Å². The number of carbonyl (C=O) groups is 1. The molecule has 1 aliphatic heterocycles. The van der Waals surface area contributed by atoms with Crippen molar-refractivity contribution in [3.63, 3.8) is 0 Å². The van der Waals surface area contributed by atoms with Crippen LogP contribution < -0.4 is 0 Å². The summed E-state index contributed by atoms with van der Waals surface area (Å²) in [7, 11) is 0. The van der Waals surface area contributed by atoms with Crippen molar-refractivity contribution in [2.75, 3.05) is 26.2 Å². The van der Waals surface area contributed by atoms with E-state index in [0.29, 0.717) is 5.57 Å². The zero-order chi connectivity index (χ0) is 21.8. The number of aromatic amines is 1. The zero-order valence-electron chi connectivity index (χ0n) is 17.9. The summed E-state index contributed by atoms with van der Waals surface area (Å²) in [4.78, 5) is 25.6. The first-order valence-corrected chi connectivity index (χ1v) is 11.0. The molecular weight excluding hydrogens is 396 g/mol. The second kappa shape index (κ2) is 9.20. The van der Waals surface area contributed by atoms with Gasteiger partial charge >= 0.3 is 0 Å². The highest BCUT2D eigenvalue weighted by atomic mass is 16.2. The summed E-state index contributed by atoms with van der Waals surface area (Å²) in [5.41, 5.74) is 4.76. The first-order chi connectivity index (χ1) is 15.8. The summed E-state index contributed by atoms with van der Waals surface area (Å²) in [5, 5.41) is 1.02. The lowest BCUT2D eigenvalue weighted by molar-refractivity contribution is -0.126. The zero-order valence-corrected chi connectivity index (χ0v) is 17.9. The number of rotatable bonds is 5. The number of amides is 1. The molecule has 0 aliphatic carbocycles. The van der Waals surface area contributed by atoms with Crippen LogP contribution >= 0.6 is 0 Å². The van der Waals surface area contributed by atoms with Crippen LogP contribution in [0.2, 0.25) is 0 Å². The summed E-state index contributed by atoms with van der Waals surface area (Å²) >= 11 is 0. The number of aromatic nitrogens is 2. The van der Waals surface area contributed by atoms with Gasteiger partial charge in [0.05, 0.1) is 0 Å². The molecule has 1 saturated heterocycles. The summed E-state index contributed by atoms with van der Waals surface area (Å²) in [6.07, 6.45) is 5.69. The van der Waals surface area contributed by atoms with Crippen LogP contribution in [0.5, 0.6) is 0 Å². The van der Waals surface area contributed by atoms with Crippen LogP contribution in [-0.2, 0) is 11.3 Å². The third-order valence-electron chi connectivity index (χ3n) is 6.01. The molecule has 1 N–H and O–H groups in total. The van der Waals surface area contributed by atoms with Gasteiger partial charge in [0, 0.05) is 61.6 Å². The van der Waals surface area contributed by atoms with Crippen LogP contribution in [0.4, 0.5) is 0 Å². The fraction of sp³-hybridized carbons (Fsp3) is 0.185. The lowest BCUT2D eigenvalue weighted by atomic mass is 10.0. The van der Waals surface area contributed by atoms with E-state index >= 15 is 0 Å². The summed E-state index contributed by atoms with van der Waals surface area (Å²) in [6.45, 7) is 4.13. The second-order valence-corrected chi connectivity index (χ2v) is 8.12. The Labute approximate surface area is 188 Å². The third kappa shape index (κ3) is 4.34. The molecule has 5 rings (SSSR count). The van der Waals surface area contributed by atoms with Crippen molar-refractivity contribution < 1.29 is 4.79 Å². The smallest absolute Gasteiger partial charge is 0.254 e. The topological polar surface area (TPSA) is 52.2 Å². The number of nitrogens with one attached hydrogen (secondary N) is 1. The minimum absolute atomic E-state index is 0.0776. The molecule has 3 heterocycles. The van der Waals surface area contributed by atoms with E-state index < -0.39 is 0 Å². The third-order valence-corrected chi connectivity index (χ3v) is 6.01. The summed E-state index contributed by atoms with van der Waals surface area (Å²) < 4.78 is 0. The molecule has 0 radical (unpaired) electrons. The van der Waals surface area contributed by atoms with E-state index in [0.717, 1.165) is 54.9 Å². The van der Waals surface area contributed by atoms with Crippen LogP contribution in [0.3, 0.4) is 0 Å². The number of H-pyrrole nitrogens is 1. The summed E-state index contributed by atoms with van der Waals surface area (Å²) in [5.74, 6) is 0.0776. The van der Waals surface area contributed by atoms with Crippen molar-refractivity contribution in [2.45, 2.75) is 6.54 Å². The van der Waals surface area contributed by atoms with E-state index in [9.17, 15) is 4.79 Å². The molecule has 5 nitrogen and oxygen atoms in total. The second-order valence-electron chi connectivity index (χ2n) is 8.12. The molecule has 1 aliphatic rings. The Morgan fingerprint density at radius 3 is 2.38 bits per heavy atom. The number of benzene rings is 2. The molecule has 32 heavy (non-hydrogen) atoms. The van der Waals surface area contributed by atoms with Gasteiger partial charge in [0.1, 0.15) is 5.65 Å². The van der Waals surface area contributed by atoms with Gasteiger partial charge in [-0.25, -0.2) is 4.98 Å². The molecule has 1 amide bonds. The minimum atomic E-state index is 0.0776. The fourth-order valence-corrected chi connectivity index (χ4v) is 4.26. The Kier molecular flexibility index (Phi) is 5.81. The Morgan fingerprint density at radius 2 is 1.62 bits per heavy atom. The molecule has 4 aromatic rings. The van der Waals surface area contributed by atoms with E-state index in [2.05, 4.69) is 39.1 Å². The van der Waals surface area contributed by atoms with Gasteiger partial charge in [-0.15, -0.1) is 0 Å². The van der Waals surface area contributed by atoms with E-state index in [1.807, 2.05) is 65.7 Å². The maximum absolute atomic E-state index is 13.6. The largest absolute Gasteiger partial charge is 0.346 e. The molecule has 0 bridgehead atoms. The van der Waals surface area contributed by atoms with Crippen molar-refractivity contribution >= 4 is 28.6 Å². The normalized spacial score (nSPS) is 15.2. The number of hydrogen-bond acceptors (Lipinski definition) is 3. The average molecular weight is 423 g/mol. The first-order valence-electron chi connectivity index (χ1n) is 11.0. The number of nitrogens with zero attached hydrogens (tertiary/aromatic N) is 3. The van der Waals surface area contributed by atoms with Crippen molar-refractivity contribution in [3.05, 3.63) is 102 Å². The van der Waals surface area contributed by atoms with Crippen molar-refractivity contribution in [1.29, 1.82) is 0 Å². The molecule has 5 heteroatoms. The van der Waals surface area contributed by atoms with Crippen molar-refractivity contribution in [1.82, 2.24) is 19.8 Å². The lowest BCUT2D eigenvalue weighted by Gasteiger charge is -2.35. The molecule has 2 aromatic carbocycles. The molecule has 0 unspecified atom stereocenters. The van der Waals surface area contributed by atoms with Crippen LogP contribution in [0.1, 0.15) is 16.7 Å². The van der Waals surface area contributed by atoms with Gasteiger partial charge in [0.15, 0.2) is 0 Å². The van der Waals surface area contributed by atoms with Gasteiger partial charge in [-0.1, -0.05) is 60.7 Å². The maximum atomic E-state index is 13.6. The molecule has 0 saturated carbocycles. The molecule has 160 valence electrons. The van der Waals surface area contributed by atoms with Crippen LogP contribution in [0.15, 0.2) is 85.2 Å². The Hall–Kier alpha value is -3.70. The number of piperazine rings is 1. The Bertz CT molecular complexity index is 1220. The predicted octanol–water partition coefficient (Wildman–Crippen LogP) is 4.45. The number of fused-ring (bicyclic) bond motifs is 1. The van der Waals surface area contributed by atoms with E-state index in [1.54, 1.807) is 6.20 Å².